The maximum Gasteiger partial charge on any atom is 0.218 e. The Balaban J connectivity index is 2.71. The number of hydrogen-bond acceptors (Lipinski definition) is 2. The van der Waals surface area contributed by atoms with E-state index in [0.717, 1.165) is 5.56 Å². The molecule has 3 nitrogen and oxygen atoms in total. The molecule has 0 heterocycles. The van der Waals surface area contributed by atoms with Crippen LogP contribution in [0.2, 0.25) is 0 Å². The Morgan fingerprint density at radius 1 is 1.46 bits per heavy atom. The van der Waals surface area contributed by atoms with Gasteiger partial charge in [-0.3, -0.25) is 4.79 Å². The second-order valence-electron chi connectivity index (χ2n) is 3.16. The molecular formula is C10H13NO2. The van der Waals surface area contributed by atoms with Gasteiger partial charge in [0.25, 0.3) is 0 Å². The first-order valence-corrected chi connectivity index (χ1v) is 4.17. The molecule has 3 N–H and O–H groups in total. The highest BCUT2D eigenvalue weighted by Crippen LogP contribution is 2.20. The summed E-state index contributed by atoms with van der Waals surface area (Å²) in [4.78, 5) is 10.6. The third-order valence-corrected chi connectivity index (χ3v) is 1.97. The number of primary amides is 1. The fourth-order valence-corrected chi connectivity index (χ4v) is 1.22. The van der Waals surface area contributed by atoms with E-state index in [4.69, 9.17) is 10.8 Å². The van der Waals surface area contributed by atoms with Crippen molar-refractivity contribution in [3.05, 3.63) is 29.8 Å². The first-order chi connectivity index (χ1) is 6.09. The molecule has 0 aliphatic carbocycles. The van der Waals surface area contributed by atoms with Crippen LogP contribution in [-0.4, -0.2) is 11.0 Å². The summed E-state index contributed by atoms with van der Waals surface area (Å²) in [6, 6.07) is 6.80. The zero-order valence-electron chi connectivity index (χ0n) is 7.53. The number of aromatic hydroxyl groups is 1. The number of hydrogen-bond donors (Lipinski definition) is 2. The van der Waals surface area contributed by atoms with Crippen molar-refractivity contribution in [2.24, 2.45) is 5.73 Å². The summed E-state index contributed by atoms with van der Waals surface area (Å²) in [5.74, 6) is 0.0358. The summed E-state index contributed by atoms with van der Waals surface area (Å²) in [6.45, 7) is 1.93. The highest BCUT2D eigenvalue weighted by Gasteiger charge is 2.07. The van der Waals surface area contributed by atoms with Gasteiger partial charge in [0.1, 0.15) is 5.75 Å². The monoisotopic (exact) mass is 179 g/mol. The molecule has 70 valence electrons. The minimum Gasteiger partial charge on any atom is -0.508 e. The van der Waals surface area contributed by atoms with Gasteiger partial charge in [0.2, 0.25) is 5.91 Å². The highest BCUT2D eigenvalue weighted by atomic mass is 16.3. The molecule has 1 aromatic rings. The van der Waals surface area contributed by atoms with Crippen LogP contribution < -0.4 is 5.73 Å². The summed E-state index contributed by atoms with van der Waals surface area (Å²) >= 11 is 0. The summed E-state index contributed by atoms with van der Waals surface area (Å²) in [5.41, 5.74) is 6.08. The number of carbonyl (C=O) groups is 1. The number of benzene rings is 1. The minimum atomic E-state index is -0.305. The van der Waals surface area contributed by atoms with Crippen molar-refractivity contribution >= 4 is 5.91 Å². The Kier molecular flexibility index (Phi) is 2.90. The summed E-state index contributed by atoms with van der Waals surface area (Å²) in [5, 5.41) is 9.03. The van der Waals surface area contributed by atoms with Crippen molar-refractivity contribution < 1.29 is 9.90 Å². The van der Waals surface area contributed by atoms with E-state index in [0.29, 0.717) is 6.42 Å². The number of phenolic OH excluding ortho intramolecular Hbond substituents is 1. The molecule has 0 saturated heterocycles. The lowest BCUT2D eigenvalue weighted by Crippen LogP contribution is -2.13. The third kappa shape index (κ3) is 2.78. The lowest BCUT2D eigenvalue weighted by atomic mass is 9.98. The Labute approximate surface area is 77.2 Å². The molecule has 0 unspecified atom stereocenters. The average molecular weight is 179 g/mol. The van der Waals surface area contributed by atoms with E-state index >= 15 is 0 Å². The van der Waals surface area contributed by atoms with Crippen molar-refractivity contribution in [3.63, 3.8) is 0 Å². The molecule has 0 fully saturated rings. The second kappa shape index (κ2) is 3.94. The molecule has 0 spiro atoms. The molecule has 0 aromatic heterocycles. The largest absolute Gasteiger partial charge is 0.508 e. The van der Waals surface area contributed by atoms with Crippen molar-refractivity contribution in [1.29, 1.82) is 0 Å². The van der Waals surface area contributed by atoms with Gasteiger partial charge in [-0.2, -0.15) is 0 Å². The van der Waals surface area contributed by atoms with E-state index in [-0.39, 0.29) is 17.6 Å². The molecule has 0 radical (unpaired) electrons. The van der Waals surface area contributed by atoms with Crippen LogP contribution in [0.4, 0.5) is 0 Å². The Bertz CT molecular complexity index is 292. The van der Waals surface area contributed by atoms with Gasteiger partial charge < -0.3 is 10.8 Å². The number of rotatable bonds is 3. The van der Waals surface area contributed by atoms with Crippen molar-refractivity contribution in [3.8, 4) is 5.75 Å². The van der Waals surface area contributed by atoms with E-state index < -0.39 is 0 Å². The summed E-state index contributed by atoms with van der Waals surface area (Å²) in [6.07, 6.45) is 0.338. The van der Waals surface area contributed by atoms with Gasteiger partial charge in [-0.15, -0.1) is 0 Å². The van der Waals surface area contributed by atoms with E-state index in [1.54, 1.807) is 24.3 Å². The first-order valence-electron chi connectivity index (χ1n) is 4.17. The molecule has 0 saturated carbocycles. The van der Waals surface area contributed by atoms with E-state index in [9.17, 15) is 4.79 Å². The van der Waals surface area contributed by atoms with Crippen molar-refractivity contribution in [1.82, 2.24) is 0 Å². The molecule has 0 aliphatic rings. The standard InChI is InChI=1S/C10H13NO2/c1-7(6-10(11)13)8-2-4-9(12)5-3-8/h2-5,7,12H,6H2,1H3,(H2,11,13)/t7-/m0/s1. The molecule has 0 bridgehead atoms. The average Bonchev–Trinajstić information content (AvgIpc) is 2.04. The molecule has 3 heteroatoms. The van der Waals surface area contributed by atoms with Gasteiger partial charge in [-0.1, -0.05) is 19.1 Å². The quantitative estimate of drug-likeness (QED) is 0.736. The van der Waals surface area contributed by atoms with Crippen LogP contribution in [0, 0.1) is 0 Å². The van der Waals surface area contributed by atoms with Gasteiger partial charge >= 0.3 is 0 Å². The topological polar surface area (TPSA) is 63.3 Å². The van der Waals surface area contributed by atoms with Crippen molar-refractivity contribution in [2.75, 3.05) is 0 Å². The second-order valence-corrected chi connectivity index (χ2v) is 3.16. The van der Waals surface area contributed by atoms with Crippen LogP contribution in [0.1, 0.15) is 24.8 Å². The molecule has 1 rings (SSSR count). The smallest absolute Gasteiger partial charge is 0.218 e. The van der Waals surface area contributed by atoms with E-state index in [1.165, 1.54) is 0 Å². The van der Waals surface area contributed by atoms with E-state index in [1.807, 2.05) is 6.92 Å². The normalized spacial score (nSPS) is 12.4. The molecule has 0 aliphatic heterocycles. The van der Waals surface area contributed by atoms with Crippen LogP contribution in [0.15, 0.2) is 24.3 Å². The van der Waals surface area contributed by atoms with Crippen LogP contribution in [0.3, 0.4) is 0 Å². The first kappa shape index (κ1) is 9.58. The van der Waals surface area contributed by atoms with E-state index in [2.05, 4.69) is 0 Å². The van der Waals surface area contributed by atoms with Crippen LogP contribution in [0.25, 0.3) is 0 Å². The number of carbonyl (C=O) groups excluding carboxylic acids is 1. The predicted octanol–water partition coefficient (Wildman–Crippen LogP) is 1.37. The summed E-state index contributed by atoms with van der Waals surface area (Å²) in [7, 11) is 0. The number of amides is 1. The fourth-order valence-electron chi connectivity index (χ4n) is 1.22. The van der Waals surface area contributed by atoms with Gasteiger partial charge in [-0.05, 0) is 23.6 Å². The maximum atomic E-state index is 10.6. The highest BCUT2D eigenvalue weighted by molar-refractivity contribution is 5.74. The molecular weight excluding hydrogens is 166 g/mol. The molecule has 1 amide bonds. The molecule has 1 aromatic carbocycles. The van der Waals surface area contributed by atoms with Gasteiger partial charge in [0, 0.05) is 6.42 Å². The number of nitrogens with two attached hydrogens (primary N) is 1. The summed E-state index contributed by atoms with van der Waals surface area (Å²) < 4.78 is 0. The van der Waals surface area contributed by atoms with Crippen LogP contribution in [-0.2, 0) is 4.79 Å². The Hall–Kier alpha value is -1.51. The maximum absolute atomic E-state index is 10.6. The SMILES string of the molecule is C[C@@H](CC(N)=O)c1ccc(O)cc1. The van der Waals surface area contributed by atoms with Crippen LogP contribution >= 0.6 is 0 Å². The minimum absolute atomic E-state index is 0.109. The predicted molar refractivity (Wildman–Crippen MR) is 50.3 cm³/mol. The molecule has 13 heavy (non-hydrogen) atoms. The van der Waals surface area contributed by atoms with Crippen molar-refractivity contribution in [2.45, 2.75) is 19.3 Å². The van der Waals surface area contributed by atoms with Gasteiger partial charge in [0.05, 0.1) is 0 Å². The zero-order valence-corrected chi connectivity index (χ0v) is 7.53. The lowest BCUT2D eigenvalue weighted by molar-refractivity contribution is -0.118. The Morgan fingerprint density at radius 3 is 2.46 bits per heavy atom. The Morgan fingerprint density at radius 2 is 2.00 bits per heavy atom. The molecule has 1 atom stereocenters. The van der Waals surface area contributed by atoms with Gasteiger partial charge in [0.15, 0.2) is 0 Å². The fraction of sp³-hybridized carbons (Fsp3) is 0.300. The van der Waals surface area contributed by atoms with Gasteiger partial charge in [-0.25, -0.2) is 0 Å². The van der Waals surface area contributed by atoms with Crippen LogP contribution in [0.5, 0.6) is 5.75 Å². The third-order valence-electron chi connectivity index (χ3n) is 1.97. The zero-order chi connectivity index (χ0) is 9.84. The number of phenols is 1. The lowest BCUT2D eigenvalue weighted by Gasteiger charge is -2.08.